The van der Waals surface area contributed by atoms with Crippen LogP contribution in [0, 0.1) is 5.92 Å². The quantitative estimate of drug-likeness (QED) is 0.520. The van der Waals surface area contributed by atoms with Gasteiger partial charge in [0.2, 0.25) is 11.8 Å². The van der Waals surface area contributed by atoms with Gasteiger partial charge in [0.15, 0.2) is 11.5 Å². The second-order valence-electron chi connectivity index (χ2n) is 7.74. The Bertz CT molecular complexity index is 1380. The minimum absolute atomic E-state index is 0.130. The molecule has 0 spiro atoms. The topological polar surface area (TPSA) is 99.7 Å². The predicted octanol–water partition coefficient (Wildman–Crippen LogP) is 3.97. The number of phenolic OH excluding ortho intramolecular Hbond substituents is 1. The summed E-state index contributed by atoms with van der Waals surface area (Å²) in [5.74, 6) is -3.02. The number of thiazole rings is 1. The fourth-order valence-electron chi connectivity index (χ4n) is 4.34. The molecule has 0 bridgehead atoms. The van der Waals surface area contributed by atoms with Gasteiger partial charge in [0.1, 0.15) is 5.25 Å². The van der Waals surface area contributed by atoms with Crippen LogP contribution in [-0.4, -0.2) is 34.3 Å². The Balaban J connectivity index is 1.64. The number of amides is 2. The molecule has 2 aliphatic heterocycles. The van der Waals surface area contributed by atoms with Gasteiger partial charge in [-0.3, -0.25) is 14.4 Å². The van der Waals surface area contributed by atoms with Gasteiger partial charge in [0.25, 0.3) is 0 Å². The number of rotatable bonds is 3. The number of fused-ring (bicyclic) bond motifs is 2. The van der Waals surface area contributed by atoms with Crippen LogP contribution in [0.3, 0.4) is 0 Å². The Morgan fingerprint density at radius 1 is 1.09 bits per heavy atom. The number of anilines is 1. The van der Waals surface area contributed by atoms with Crippen molar-refractivity contribution in [2.24, 2.45) is 5.92 Å². The summed E-state index contributed by atoms with van der Waals surface area (Å²) < 4.78 is 44.9. The van der Waals surface area contributed by atoms with Gasteiger partial charge < -0.3 is 14.8 Å². The SMILES string of the molecule is COc1cc([C@@H]2c3sc(=O)[nH]c3S[C@H]3C(=O)N(c4cccc(C(F)(F)F)c4)C(=O)[C@@H]23)ccc1O. The third kappa shape index (κ3) is 3.48. The highest BCUT2D eigenvalue weighted by molar-refractivity contribution is 8.00. The van der Waals surface area contributed by atoms with Crippen LogP contribution in [0.2, 0.25) is 0 Å². The molecular formula is C22H15F3N2O5S2. The van der Waals surface area contributed by atoms with E-state index in [1.54, 1.807) is 6.07 Å². The van der Waals surface area contributed by atoms with Crippen molar-refractivity contribution in [3.63, 3.8) is 0 Å². The van der Waals surface area contributed by atoms with Crippen molar-refractivity contribution in [2.45, 2.75) is 22.4 Å². The number of halogens is 3. The number of aromatic nitrogens is 1. The Kier molecular flexibility index (Phi) is 5.24. The number of aromatic hydroxyl groups is 1. The number of ether oxygens (including phenoxy) is 1. The lowest BCUT2D eigenvalue weighted by atomic mass is 9.83. The van der Waals surface area contributed by atoms with Gasteiger partial charge >= 0.3 is 11.0 Å². The maximum atomic E-state index is 13.6. The maximum absolute atomic E-state index is 13.6. The van der Waals surface area contributed by atoms with E-state index in [4.69, 9.17) is 4.74 Å². The van der Waals surface area contributed by atoms with E-state index >= 15 is 0 Å². The number of methoxy groups -OCH3 is 1. The molecule has 2 aromatic carbocycles. The molecular weight excluding hydrogens is 493 g/mol. The van der Waals surface area contributed by atoms with Crippen LogP contribution >= 0.6 is 23.1 Å². The molecule has 2 amide bonds. The monoisotopic (exact) mass is 508 g/mol. The van der Waals surface area contributed by atoms with Crippen LogP contribution in [0.1, 0.15) is 21.9 Å². The summed E-state index contributed by atoms with van der Waals surface area (Å²) in [5, 5.41) is 9.47. The largest absolute Gasteiger partial charge is 0.504 e. The molecule has 34 heavy (non-hydrogen) atoms. The minimum atomic E-state index is -4.64. The predicted molar refractivity (Wildman–Crippen MR) is 119 cm³/mol. The highest BCUT2D eigenvalue weighted by Crippen LogP contribution is 2.53. The van der Waals surface area contributed by atoms with E-state index in [1.165, 1.54) is 25.3 Å². The molecule has 3 heterocycles. The number of carbonyl (C=O) groups is 2. The number of benzene rings is 2. The summed E-state index contributed by atoms with van der Waals surface area (Å²) in [6.45, 7) is 0. The average molecular weight is 508 g/mol. The van der Waals surface area contributed by atoms with Crippen LogP contribution in [0.4, 0.5) is 18.9 Å². The summed E-state index contributed by atoms with van der Waals surface area (Å²) in [6.07, 6.45) is -4.64. The Morgan fingerprint density at radius 3 is 2.56 bits per heavy atom. The van der Waals surface area contributed by atoms with Crippen LogP contribution in [0.25, 0.3) is 0 Å². The van der Waals surface area contributed by atoms with Crippen molar-refractivity contribution >= 4 is 40.6 Å². The number of nitrogens with zero attached hydrogens (tertiary/aromatic N) is 1. The molecule has 0 saturated carbocycles. The highest BCUT2D eigenvalue weighted by atomic mass is 32.2. The standard InChI is InChI=1S/C22H15F3N2O5S2/c1-32-13-7-9(5-6-12(13)28)14-15-17(33-18-16(14)34-21(31)26-18)20(30)27(19(15)29)11-4-2-3-10(8-11)22(23,24)25/h2-8,14-15,17,28H,1H3,(H,26,31)/t14-,15-,17+/m0/s1. The second kappa shape index (κ2) is 7.91. The minimum Gasteiger partial charge on any atom is -0.504 e. The third-order valence-electron chi connectivity index (χ3n) is 5.82. The zero-order chi connectivity index (χ0) is 24.4. The molecule has 1 saturated heterocycles. The molecule has 176 valence electrons. The molecule has 3 atom stereocenters. The summed E-state index contributed by atoms with van der Waals surface area (Å²) in [6, 6.07) is 8.53. The van der Waals surface area contributed by atoms with Gasteiger partial charge in [-0.2, -0.15) is 13.2 Å². The first-order chi connectivity index (χ1) is 16.1. The summed E-state index contributed by atoms with van der Waals surface area (Å²) in [7, 11) is 1.36. The number of thioether (sulfide) groups is 1. The number of carbonyl (C=O) groups excluding carboxylic acids is 2. The second-order valence-corrected chi connectivity index (χ2v) is 9.91. The lowest BCUT2D eigenvalue weighted by molar-refractivity contribution is -0.137. The number of nitrogens with one attached hydrogen (secondary N) is 1. The van der Waals surface area contributed by atoms with Crippen LogP contribution in [-0.2, 0) is 15.8 Å². The number of alkyl halides is 3. The van der Waals surface area contributed by atoms with Crippen molar-refractivity contribution in [1.29, 1.82) is 0 Å². The van der Waals surface area contributed by atoms with Gasteiger partial charge in [-0.25, -0.2) is 4.90 Å². The van der Waals surface area contributed by atoms with Crippen molar-refractivity contribution in [3.05, 3.63) is 68.1 Å². The number of aromatic amines is 1. The van der Waals surface area contributed by atoms with Crippen LogP contribution in [0.5, 0.6) is 11.5 Å². The number of H-pyrrole nitrogens is 1. The van der Waals surface area contributed by atoms with Gasteiger partial charge in [0.05, 0.1) is 29.3 Å². The fraction of sp³-hybridized carbons (Fsp3) is 0.227. The molecule has 3 aromatic rings. The maximum Gasteiger partial charge on any atom is 0.416 e. The molecule has 7 nitrogen and oxygen atoms in total. The number of imide groups is 1. The number of hydrogen-bond donors (Lipinski definition) is 2. The Hall–Kier alpha value is -3.25. The van der Waals surface area contributed by atoms with E-state index in [-0.39, 0.29) is 22.1 Å². The fourth-order valence-corrected chi connectivity index (χ4v) is 6.85. The molecule has 2 N–H and O–H groups in total. The van der Waals surface area contributed by atoms with Crippen molar-refractivity contribution in [1.82, 2.24) is 4.98 Å². The van der Waals surface area contributed by atoms with E-state index in [1.807, 2.05) is 0 Å². The van der Waals surface area contributed by atoms with Crippen molar-refractivity contribution < 1.29 is 32.6 Å². The van der Waals surface area contributed by atoms with Crippen LogP contribution < -0.4 is 14.5 Å². The van der Waals surface area contributed by atoms with Gasteiger partial charge in [-0.1, -0.05) is 35.2 Å². The number of hydrogen-bond acceptors (Lipinski definition) is 7. The van der Waals surface area contributed by atoms with E-state index in [2.05, 4.69) is 4.98 Å². The smallest absolute Gasteiger partial charge is 0.416 e. The molecule has 1 aromatic heterocycles. The van der Waals surface area contributed by atoms with E-state index in [0.717, 1.165) is 46.2 Å². The molecule has 0 radical (unpaired) electrons. The lowest BCUT2D eigenvalue weighted by Crippen LogP contribution is -2.32. The van der Waals surface area contributed by atoms with Gasteiger partial charge in [0, 0.05) is 10.8 Å². The molecule has 0 unspecified atom stereocenters. The summed E-state index contributed by atoms with van der Waals surface area (Å²) >= 11 is 1.92. The highest BCUT2D eigenvalue weighted by Gasteiger charge is 2.56. The van der Waals surface area contributed by atoms with Crippen molar-refractivity contribution in [3.8, 4) is 11.5 Å². The molecule has 2 aliphatic rings. The van der Waals surface area contributed by atoms with E-state index in [0.29, 0.717) is 15.5 Å². The molecule has 0 aliphatic carbocycles. The third-order valence-corrected chi connectivity index (χ3v) is 8.22. The zero-order valence-corrected chi connectivity index (χ0v) is 18.9. The first kappa shape index (κ1) is 22.5. The average Bonchev–Trinajstić information content (AvgIpc) is 3.28. The van der Waals surface area contributed by atoms with Gasteiger partial charge in [-0.15, -0.1) is 0 Å². The molecule has 5 rings (SSSR count). The van der Waals surface area contributed by atoms with Crippen LogP contribution in [0.15, 0.2) is 52.3 Å². The van der Waals surface area contributed by atoms with Crippen molar-refractivity contribution in [2.75, 3.05) is 12.0 Å². The Labute approximate surface area is 198 Å². The Morgan fingerprint density at radius 2 is 1.85 bits per heavy atom. The van der Waals surface area contributed by atoms with E-state index in [9.17, 15) is 32.7 Å². The summed E-state index contributed by atoms with van der Waals surface area (Å²) in [5.41, 5.74) is -0.622. The summed E-state index contributed by atoms with van der Waals surface area (Å²) in [4.78, 5) is 42.7. The first-order valence-electron chi connectivity index (χ1n) is 9.91. The molecule has 12 heteroatoms. The zero-order valence-electron chi connectivity index (χ0n) is 17.3. The first-order valence-corrected chi connectivity index (χ1v) is 11.6. The normalized spacial score (nSPS) is 22.0. The lowest BCUT2D eigenvalue weighted by Gasteiger charge is -2.30. The van der Waals surface area contributed by atoms with E-state index < -0.39 is 40.6 Å². The van der Waals surface area contributed by atoms with Gasteiger partial charge in [-0.05, 0) is 35.9 Å². The number of phenols is 1. The molecule has 1 fully saturated rings.